The molecule has 0 rings (SSSR count). The molecule has 0 bridgehead atoms. The first-order valence-electron chi connectivity index (χ1n) is 7.21. The monoisotopic (exact) mass is 273 g/mol. The zero-order chi connectivity index (χ0) is 14.9. The summed E-state index contributed by atoms with van der Waals surface area (Å²) >= 11 is 0. The van der Waals surface area contributed by atoms with Gasteiger partial charge in [0.25, 0.3) is 0 Å². The van der Waals surface area contributed by atoms with Crippen LogP contribution < -0.4 is 10.6 Å². The highest BCUT2D eigenvalue weighted by Gasteiger charge is 2.15. The largest absolute Gasteiger partial charge is 0.444 e. The van der Waals surface area contributed by atoms with Crippen molar-refractivity contribution in [1.29, 1.82) is 0 Å². The van der Waals surface area contributed by atoms with Crippen molar-refractivity contribution in [3.8, 4) is 0 Å². The predicted molar refractivity (Wildman–Crippen MR) is 79.5 cm³/mol. The van der Waals surface area contributed by atoms with Gasteiger partial charge in [-0.2, -0.15) is 0 Å². The SMILES string of the molecule is CCN(CC)CC(C)NCCNC(=O)OC(C)(C)C. The first-order chi connectivity index (χ1) is 8.78. The van der Waals surface area contributed by atoms with Gasteiger partial charge in [-0.1, -0.05) is 13.8 Å². The maximum atomic E-state index is 11.4. The number of carbonyl (C=O) groups is 1. The Morgan fingerprint density at radius 3 is 2.26 bits per heavy atom. The van der Waals surface area contributed by atoms with Crippen LogP contribution in [0.2, 0.25) is 0 Å². The summed E-state index contributed by atoms with van der Waals surface area (Å²) in [5.41, 5.74) is -0.437. The second kappa shape index (κ2) is 9.15. The molecule has 0 spiro atoms. The fourth-order valence-corrected chi connectivity index (χ4v) is 1.73. The van der Waals surface area contributed by atoms with Crippen LogP contribution in [0.15, 0.2) is 0 Å². The van der Waals surface area contributed by atoms with Gasteiger partial charge in [0, 0.05) is 25.7 Å². The molecule has 0 radical (unpaired) electrons. The third-order valence-corrected chi connectivity index (χ3v) is 2.71. The van der Waals surface area contributed by atoms with Crippen LogP contribution in [0.3, 0.4) is 0 Å². The topological polar surface area (TPSA) is 53.6 Å². The van der Waals surface area contributed by atoms with E-state index >= 15 is 0 Å². The molecule has 1 amide bonds. The molecule has 0 saturated carbocycles. The summed E-state index contributed by atoms with van der Waals surface area (Å²) in [6.07, 6.45) is -0.356. The molecular formula is C14H31N3O2. The summed E-state index contributed by atoms with van der Waals surface area (Å²) in [4.78, 5) is 13.8. The average molecular weight is 273 g/mol. The second-order valence-corrected chi connectivity index (χ2v) is 5.77. The minimum atomic E-state index is -0.437. The van der Waals surface area contributed by atoms with Crippen molar-refractivity contribution < 1.29 is 9.53 Å². The Kier molecular flexibility index (Phi) is 8.76. The molecule has 0 aliphatic heterocycles. The van der Waals surface area contributed by atoms with Crippen molar-refractivity contribution in [2.75, 3.05) is 32.7 Å². The van der Waals surface area contributed by atoms with Crippen LogP contribution in [-0.2, 0) is 4.74 Å². The van der Waals surface area contributed by atoms with Crippen LogP contribution >= 0.6 is 0 Å². The number of carbonyl (C=O) groups excluding carboxylic acids is 1. The van der Waals surface area contributed by atoms with Crippen molar-refractivity contribution in [3.05, 3.63) is 0 Å². The van der Waals surface area contributed by atoms with Crippen LogP contribution in [0.4, 0.5) is 4.79 Å². The predicted octanol–water partition coefficient (Wildman–Crippen LogP) is 1.83. The Morgan fingerprint density at radius 2 is 1.79 bits per heavy atom. The average Bonchev–Trinajstić information content (AvgIpc) is 2.29. The number of amides is 1. The van der Waals surface area contributed by atoms with Crippen molar-refractivity contribution in [2.45, 2.75) is 53.2 Å². The van der Waals surface area contributed by atoms with Gasteiger partial charge >= 0.3 is 6.09 Å². The molecule has 1 unspecified atom stereocenters. The number of hydrogen-bond acceptors (Lipinski definition) is 4. The van der Waals surface area contributed by atoms with Gasteiger partial charge in [-0.15, -0.1) is 0 Å². The molecule has 0 aromatic carbocycles. The second-order valence-electron chi connectivity index (χ2n) is 5.77. The van der Waals surface area contributed by atoms with E-state index < -0.39 is 5.60 Å². The van der Waals surface area contributed by atoms with E-state index in [1.54, 1.807) is 0 Å². The van der Waals surface area contributed by atoms with E-state index in [1.165, 1.54) is 0 Å². The van der Waals surface area contributed by atoms with Crippen LogP contribution in [0.25, 0.3) is 0 Å². The lowest BCUT2D eigenvalue weighted by molar-refractivity contribution is 0.0528. The fraction of sp³-hybridized carbons (Fsp3) is 0.929. The summed E-state index contributed by atoms with van der Waals surface area (Å²) in [5.74, 6) is 0. The molecule has 2 N–H and O–H groups in total. The molecular weight excluding hydrogens is 242 g/mol. The Bertz CT molecular complexity index is 248. The van der Waals surface area contributed by atoms with E-state index in [2.05, 4.69) is 36.3 Å². The van der Waals surface area contributed by atoms with E-state index in [-0.39, 0.29) is 6.09 Å². The van der Waals surface area contributed by atoms with E-state index in [9.17, 15) is 4.79 Å². The summed E-state index contributed by atoms with van der Waals surface area (Å²) < 4.78 is 5.16. The van der Waals surface area contributed by atoms with Gasteiger partial charge < -0.3 is 20.3 Å². The van der Waals surface area contributed by atoms with E-state index in [0.29, 0.717) is 12.6 Å². The first-order valence-corrected chi connectivity index (χ1v) is 7.21. The van der Waals surface area contributed by atoms with Crippen LogP contribution in [0.1, 0.15) is 41.5 Å². The van der Waals surface area contributed by atoms with Crippen molar-refractivity contribution in [1.82, 2.24) is 15.5 Å². The lowest BCUT2D eigenvalue weighted by Gasteiger charge is -2.23. The minimum Gasteiger partial charge on any atom is -0.444 e. The number of rotatable bonds is 8. The molecule has 1 atom stereocenters. The van der Waals surface area contributed by atoms with Crippen molar-refractivity contribution in [2.24, 2.45) is 0 Å². The van der Waals surface area contributed by atoms with Crippen molar-refractivity contribution in [3.63, 3.8) is 0 Å². The molecule has 5 nitrogen and oxygen atoms in total. The quantitative estimate of drug-likeness (QED) is 0.663. The van der Waals surface area contributed by atoms with Gasteiger partial charge in [-0.3, -0.25) is 0 Å². The number of likely N-dealkylation sites (N-methyl/N-ethyl adjacent to an activating group) is 1. The van der Waals surface area contributed by atoms with E-state index in [4.69, 9.17) is 4.74 Å². The van der Waals surface area contributed by atoms with Gasteiger partial charge in [0.05, 0.1) is 0 Å². The summed E-state index contributed by atoms with van der Waals surface area (Å²) in [5, 5.41) is 6.13. The molecule has 0 heterocycles. The standard InChI is InChI=1S/C14H31N3O2/c1-7-17(8-2)11-12(3)15-9-10-16-13(18)19-14(4,5)6/h12,15H,7-11H2,1-6H3,(H,16,18). The normalized spacial score (nSPS) is 13.4. The van der Waals surface area contributed by atoms with Gasteiger partial charge in [-0.05, 0) is 40.8 Å². The summed E-state index contributed by atoms with van der Waals surface area (Å²) in [7, 11) is 0. The third kappa shape index (κ3) is 10.8. The highest BCUT2D eigenvalue weighted by Crippen LogP contribution is 2.05. The first kappa shape index (κ1) is 18.2. The molecule has 0 aliphatic carbocycles. The Hall–Kier alpha value is -0.810. The molecule has 5 heteroatoms. The Morgan fingerprint density at radius 1 is 1.21 bits per heavy atom. The van der Waals surface area contributed by atoms with Gasteiger partial charge in [0.15, 0.2) is 0 Å². The third-order valence-electron chi connectivity index (χ3n) is 2.71. The highest BCUT2D eigenvalue weighted by molar-refractivity contribution is 5.67. The number of alkyl carbamates (subject to hydrolysis) is 1. The van der Waals surface area contributed by atoms with Gasteiger partial charge in [-0.25, -0.2) is 4.79 Å². The molecule has 0 saturated heterocycles. The van der Waals surface area contributed by atoms with E-state index in [0.717, 1.165) is 26.2 Å². The number of hydrogen-bond donors (Lipinski definition) is 2. The highest BCUT2D eigenvalue weighted by atomic mass is 16.6. The smallest absolute Gasteiger partial charge is 0.407 e. The minimum absolute atomic E-state index is 0.356. The van der Waals surface area contributed by atoms with Crippen molar-refractivity contribution >= 4 is 6.09 Å². The molecule has 0 aliphatic rings. The number of ether oxygens (including phenoxy) is 1. The van der Waals surface area contributed by atoms with Gasteiger partial charge in [0.2, 0.25) is 0 Å². The molecule has 114 valence electrons. The van der Waals surface area contributed by atoms with Crippen LogP contribution in [0, 0.1) is 0 Å². The van der Waals surface area contributed by atoms with Crippen LogP contribution in [0.5, 0.6) is 0 Å². The molecule has 0 aromatic heterocycles. The van der Waals surface area contributed by atoms with Crippen LogP contribution in [-0.4, -0.2) is 55.4 Å². The lowest BCUT2D eigenvalue weighted by Crippen LogP contribution is -2.43. The summed E-state index contributed by atoms with van der Waals surface area (Å²) in [6, 6.07) is 0.417. The maximum absolute atomic E-state index is 11.4. The molecule has 19 heavy (non-hydrogen) atoms. The maximum Gasteiger partial charge on any atom is 0.407 e. The van der Waals surface area contributed by atoms with E-state index in [1.807, 2.05) is 20.8 Å². The lowest BCUT2D eigenvalue weighted by atomic mass is 10.2. The summed E-state index contributed by atoms with van der Waals surface area (Å²) in [6.45, 7) is 16.6. The number of nitrogens with zero attached hydrogens (tertiary/aromatic N) is 1. The number of nitrogens with one attached hydrogen (secondary N) is 2. The Labute approximate surface area is 118 Å². The Balaban J connectivity index is 3.66. The zero-order valence-corrected chi connectivity index (χ0v) is 13.4. The molecule has 0 fully saturated rings. The molecule has 0 aromatic rings. The fourth-order valence-electron chi connectivity index (χ4n) is 1.73. The van der Waals surface area contributed by atoms with Gasteiger partial charge in [0.1, 0.15) is 5.60 Å². The zero-order valence-electron chi connectivity index (χ0n) is 13.4.